The van der Waals surface area contributed by atoms with Crippen LogP contribution in [0.25, 0.3) is 11.1 Å². The summed E-state index contributed by atoms with van der Waals surface area (Å²) in [4.78, 5) is 20.2. The van der Waals surface area contributed by atoms with Crippen LogP contribution in [-0.4, -0.2) is 59.2 Å². The Labute approximate surface area is 245 Å². The van der Waals surface area contributed by atoms with Crippen molar-refractivity contribution in [2.45, 2.75) is 91.1 Å². The number of methoxy groups -OCH3 is 1. The van der Waals surface area contributed by atoms with Gasteiger partial charge >= 0.3 is 0 Å². The third-order valence-corrected chi connectivity index (χ3v) is 10.6. The Morgan fingerprint density at radius 1 is 1.17 bits per heavy atom. The number of hydroxylamine groups is 2. The number of fused-ring (bicyclic) bond motifs is 2. The van der Waals surface area contributed by atoms with Gasteiger partial charge in [0.1, 0.15) is 17.9 Å². The van der Waals surface area contributed by atoms with Crippen molar-refractivity contribution in [2.24, 2.45) is 29.1 Å². The zero-order valence-electron chi connectivity index (χ0n) is 25.6. The number of nitrogens with zero attached hydrogens (tertiary/aromatic N) is 1. The van der Waals surface area contributed by atoms with E-state index in [9.17, 15) is 15.0 Å². The van der Waals surface area contributed by atoms with Gasteiger partial charge in [-0.1, -0.05) is 77.1 Å². The number of para-hydroxylation sites is 1. The number of carbonyl (C=O) groups excluding carboxylic acids is 1. The molecule has 6 rings (SSSR count). The second-order valence-corrected chi connectivity index (χ2v) is 13.5. The van der Waals surface area contributed by atoms with E-state index in [1.807, 2.05) is 18.2 Å². The first kappa shape index (κ1) is 30.0. The quantitative estimate of drug-likeness (QED) is 0.391. The number of nitrogens with one attached hydrogen (secondary N) is 1. The number of carbonyl (C=O) groups is 1. The van der Waals surface area contributed by atoms with E-state index < -0.39 is 24.2 Å². The van der Waals surface area contributed by atoms with Crippen LogP contribution in [0.4, 0.5) is 0 Å². The molecular weight excluding hydrogens is 516 g/mol. The average Bonchev–Trinajstić information content (AvgIpc) is 3.32. The van der Waals surface area contributed by atoms with E-state index in [1.165, 1.54) is 12.0 Å². The van der Waals surface area contributed by atoms with Crippen LogP contribution in [-0.2, 0) is 16.2 Å². The fourth-order valence-electron chi connectivity index (χ4n) is 7.90. The summed E-state index contributed by atoms with van der Waals surface area (Å²) in [5.41, 5.74) is 4.47. The summed E-state index contributed by atoms with van der Waals surface area (Å²) in [5, 5.41) is 26.0. The Bertz CT molecular complexity index is 1240. The van der Waals surface area contributed by atoms with Crippen molar-refractivity contribution in [3.8, 4) is 16.9 Å². The van der Waals surface area contributed by atoms with Gasteiger partial charge in [0.05, 0.1) is 26.4 Å². The first-order chi connectivity index (χ1) is 19.5. The van der Waals surface area contributed by atoms with Crippen molar-refractivity contribution < 1.29 is 24.6 Å². The predicted octanol–water partition coefficient (Wildman–Crippen LogP) is 5.15. The minimum Gasteiger partial charge on any atom is -0.496 e. The molecule has 7 heteroatoms. The predicted molar refractivity (Wildman–Crippen MR) is 160 cm³/mol. The van der Waals surface area contributed by atoms with E-state index >= 15 is 0 Å². The van der Waals surface area contributed by atoms with Gasteiger partial charge in [-0.3, -0.25) is 9.63 Å². The lowest BCUT2D eigenvalue weighted by molar-refractivity contribution is -0.183. The van der Waals surface area contributed by atoms with Gasteiger partial charge in [0.15, 0.2) is 0 Å². The minimum atomic E-state index is -0.837. The largest absolute Gasteiger partial charge is 0.496 e. The van der Waals surface area contributed by atoms with Gasteiger partial charge in [-0.05, 0) is 60.0 Å². The van der Waals surface area contributed by atoms with Crippen molar-refractivity contribution in [1.82, 2.24) is 10.4 Å². The Hall–Kier alpha value is -2.45. The molecule has 3 aliphatic carbocycles. The van der Waals surface area contributed by atoms with Gasteiger partial charge in [-0.2, -0.15) is 5.06 Å². The van der Waals surface area contributed by atoms with Crippen LogP contribution in [0.2, 0.25) is 0 Å². The van der Waals surface area contributed by atoms with Crippen molar-refractivity contribution in [2.75, 3.05) is 13.7 Å². The van der Waals surface area contributed by atoms with Crippen molar-refractivity contribution in [3.05, 3.63) is 53.6 Å². The van der Waals surface area contributed by atoms with Gasteiger partial charge in [0.2, 0.25) is 5.91 Å². The molecule has 1 aliphatic heterocycles. The molecular formula is C34H48N2O5. The maximum Gasteiger partial charge on any atom is 0.240 e. The minimum absolute atomic E-state index is 0.0926. The van der Waals surface area contributed by atoms with Crippen LogP contribution in [0.3, 0.4) is 0 Å². The normalized spacial score (nSPS) is 31.5. The summed E-state index contributed by atoms with van der Waals surface area (Å²) in [7, 11) is 1.66. The van der Waals surface area contributed by atoms with E-state index in [2.05, 4.69) is 64.2 Å². The zero-order chi connectivity index (χ0) is 29.6. The molecule has 0 radical (unpaired) electrons. The second kappa shape index (κ2) is 11.7. The number of aliphatic hydroxyl groups is 2. The van der Waals surface area contributed by atoms with Crippen LogP contribution in [0.1, 0.15) is 71.4 Å². The summed E-state index contributed by atoms with van der Waals surface area (Å²) < 4.78 is 5.95. The fraction of sp³-hybridized carbons (Fsp3) is 0.618. The highest BCUT2D eigenvalue weighted by Crippen LogP contribution is 2.61. The Morgan fingerprint density at radius 2 is 1.90 bits per heavy atom. The third kappa shape index (κ3) is 5.42. The maximum absolute atomic E-state index is 14.0. The number of aliphatic hydroxyl groups excluding tert-OH is 2. The number of hydrogen-bond donors (Lipinski definition) is 3. The van der Waals surface area contributed by atoms with Crippen molar-refractivity contribution >= 4 is 5.91 Å². The lowest BCUT2D eigenvalue weighted by Gasteiger charge is -2.62. The molecule has 3 saturated carbocycles. The first-order valence-corrected chi connectivity index (χ1v) is 15.3. The zero-order valence-corrected chi connectivity index (χ0v) is 25.6. The monoisotopic (exact) mass is 564 g/mol. The van der Waals surface area contributed by atoms with Gasteiger partial charge in [0, 0.05) is 23.1 Å². The topological polar surface area (TPSA) is 91.3 Å². The average molecular weight is 565 g/mol. The summed E-state index contributed by atoms with van der Waals surface area (Å²) in [6, 6.07) is 13.8. The number of ether oxygens (including phenoxy) is 1. The highest BCUT2D eigenvalue weighted by Gasteiger charge is 2.57. The molecule has 224 valence electrons. The lowest BCUT2D eigenvalue weighted by atomic mass is 9.45. The number of hydrogen-bond acceptors (Lipinski definition) is 6. The third-order valence-electron chi connectivity index (χ3n) is 10.6. The number of amides is 1. The first-order valence-electron chi connectivity index (χ1n) is 15.3. The molecule has 0 spiro atoms. The molecule has 0 aromatic heterocycles. The van der Waals surface area contributed by atoms with Crippen LogP contribution in [0.15, 0.2) is 42.5 Å². The summed E-state index contributed by atoms with van der Waals surface area (Å²) in [6.45, 7) is 13.0. The Balaban J connectivity index is 1.43. The Morgan fingerprint density at radius 3 is 2.51 bits per heavy atom. The van der Waals surface area contributed by atoms with E-state index in [-0.39, 0.29) is 25.1 Å². The molecule has 1 saturated heterocycles. The highest BCUT2D eigenvalue weighted by molar-refractivity contribution is 5.83. The standard InChI is InChI=1S/C34H48N2O5/c1-19(2)22-10-8-11-23(14-22)26-13-9-12-24(32(26)40-7)17-36-31(30(21(4)38)29(18-37)41-36)33(39)35-28-16-25-15-27(20(28)3)34(25,5)6/h8-14,19-21,25,27-31,37-38H,15-18H2,1-7H3,(H,35,39)/t20-,21?,25+,27-,28-,29-,30?,31-/m0/s1. The molecule has 7 nitrogen and oxygen atoms in total. The fourth-order valence-corrected chi connectivity index (χ4v) is 7.90. The molecule has 4 aliphatic rings. The molecule has 3 N–H and O–H groups in total. The lowest BCUT2D eigenvalue weighted by Crippen LogP contribution is -2.62. The van der Waals surface area contributed by atoms with Crippen LogP contribution >= 0.6 is 0 Å². The van der Waals surface area contributed by atoms with Crippen molar-refractivity contribution in [1.29, 1.82) is 0 Å². The SMILES string of the molecule is COc1c(CN2O[C@@H](CO)C(C(C)O)[C@H]2C(=O)N[C@H]2C[C@H]3C[C@@H]([C@@H]2C)C3(C)C)cccc1-c1cccc(C(C)C)c1. The molecule has 2 aromatic carbocycles. The highest BCUT2D eigenvalue weighted by atomic mass is 16.7. The summed E-state index contributed by atoms with van der Waals surface area (Å²) in [5.74, 6) is 2.00. The Kier molecular flexibility index (Phi) is 8.55. The molecule has 2 unspecified atom stereocenters. The van der Waals surface area contributed by atoms with Crippen LogP contribution < -0.4 is 10.1 Å². The second-order valence-electron chi connectivity index (χ2n) is 13.5. The van der Waals surface area contributed by atoms with E-state index in [1.54, 1.807) is 19.1 Å². The van der Waals surface area contributed by atoms with Gasteiger partial charge < -0.3 is 20.3 Å². The van der Waals surface area contributed by atoms with Crippen LogP contribution in [0, 0.1) is 29.1 Å². The molecule has 1 amide bonds. The number of benzene rings is 2. The van der Waals surface area contributed by atoms with E-state index in [4.69, 9.17) is 9.57 Å². The molecule has 8 atom stereocenters. The van der Waals surface area contributed by atoms with Crippen LogP contribution in [0.5, 0.6) is 5.75 Å². The molecule has 1 heterocycles. The van der Waals surface area contributed by atoms with Crippen molar-refractivity contribution in [3.63, 3.8) is 0 Å². The molecule has 4 fully saturated rings. The molecule has 41 heavy (non-hydrogen) atoms. The van der Waals surface area contributed by atoms with E-state index in [0.717, 1.165) is 28.9 Å². The van der Waals surface area contributed by atoms with Gasteiger partial charge in [0.25, 0.3) is 0 Å². The molecule has 2 bridgehead atoms. The summed E-state index contributed by atoms with van der Waals surface area (Å²) in [6.07, 6.45) is 0.686. The van der Waals surface area contributed by atoms with Gasteiger partial charge in [-0.25, -0.2) is 0 Å². The van der Waals surface area contributed by atoms with E-state index in [0.29, 0.717) is 29.1 Å². The number of rotatable bonds is 9. The smallest absolute Gasteiger partial charge is 0.240 e. The maximum atomic E-state index is 14.0. The summed E-state index contributed by atoms with van der Waals surface area (Å²) >= 11 is 0. The molecule has 2 aromatic rings. The van der Waals surface area contributed by atoms with Gasteiger partial charge in [-0.15, -0.1) is 0 Å².